The third-order valence-electron chi connectivity index (χ3n) is 4.16. The van der Waals surface area contributed by atoms with Crippen molar-refractivity contribution in [1.82, 2.24) is 10.2 Å². The predicted molar refractivity (Wildman–Crippen MR) is 90.2 cm³/mol. The lowest BCUT2D eigenvalue weighted by Crippen LogP contribution is -2.33. The Morgan fingerprint density at radius 3 is 2.81 bits per heavy atom. The lowest BCUT2D eigenvalue weighted by Gasteiger charge is -2.27. The summed E-state index contributed by atoms with van der Waals surface area (Å²) < 4.78 is 14.0. The fraction of sp³-hybridized carbons (Fsp3) is 0.647. The van der Waals surface area contributed by atoms with Crippen molar-refractivity contribution in [2.24, 2.45) is 0 Å². The number of halogens is 1. The standard InChI is InChI=1S/C17H27FN2S/c1-4-16(12-21-3)20(2)11-14-9-13(5-8-17(14)18)10-19-15-6-7-15/h5,8-9,15-16,19H,4,6-7,10-12H2,1-3H3. The van der Waals surface area contributed by atoms with Crippen LogP contribution in [0.15, 0.2) is 18.2 Å². The molecule has 0 aromatic heterocycles. The van der Waals surface area contributed by atoms with Gasteiger partial charge in [0.2, 0.25) is 0 Å². The van der Waals surface area contributed by atoms with Gasteiger partial charge in [0.05, 0.1) is 0 Å². The number of rotatable bonds is 9. The van der Waals surface area contributed by atoms with Crippen LogP contribution in [0.3, 0.4) is 0 Å². The molecule has 1 aliphatic carbocycles. The third kappa shape index (κ3) is 5.28. The van der Waals surface area contributed by atoms with Gasteiger partial charge in [0.25, 0.3) is 0 Å². The Hall–Kier alpha value is -0.580. The molecule has 1 aromatic rings. The summed E-state index contributed by atoms with van der Waals surface area (Å²) >= 11 is 1.85. The fourth-order valence-corrected chi connectivity index (χ4v) is 3.43. The van der Waals surface area contributed by atoms with Crippen molar-refractivity contribution < 1.29 is 4.39 Å². The smallest absolute Gasteiger partial charge is 0.127 e. The maximum Gasteiger partial charge on any atom is 0.127 e. The Balaban J connectivity index is 1.97. The fourth-order valence-electron chi connectivity index (χ4n) is 2.56. The molecule has 1 fully saturated rings. The molecule has 1 aliphatic rings. The molecule has 1 saturated carbocycles. The molecule has 21 heavy (non-hydrogen) atoms. The first-order chi connectivity index (χ1) is 10.1. The van der Waals surface area contributed by atoms with Crippen LogP contribution in [-0.2, 0) is 13.1 Å². The van der Waals surface area contributed by atoms with Gasteiger partial charge in [-0.2, -0.15) is 11.8 Å². The van der Waals surface area contributed by atoms with Crippen LogP contribution >= 0.6 is 11.8 Å². The summed E-state index contributed by atoms with van der Waals surface area (Å²) in [7, 11) is 2.10. The first-order valence-electron chi connectivity index (χ1n) is 7.84. The van der Waals surface area contributed by atoms with Gasteiger partial charge in [0.15, 0.2) is 0 Å². The molecule has 1 unspecified atom stereocenters. The molecular formula is C17H27FN2S. The van der Waals surface area contributed by atoms with Crippen LogP contribution in [0.5, 0.6) is 0 Å². The summed E-state index contributed by atoms with van der Waals surface area (Å²) in [5.74, 6) is 1.01. The molecule has 118 valence electrons. The van der Waals surface area contributed by atoms with Gasteiger partial charge < -0.3 is 5.32 Å². The second-order valence-electron chi connectivity index (χ2n) is 6.01. The zero-order valence-electron chi connectivity index (χ0n) is 13.4. The first-order valence-corrected chi connectivity index (χ1v) is 9.23. The first kappa shape index (κ1) is 16.8. The van der Waals surface area contributed by atoms with Crippen molar-refractivity contribution in [3.8, 4) is 0 Å². The molecule has 4 heteroatoms. The van der Waals surface area contributed by atoms with E-state index >= 15 is 0 Å². The molecule has 2 nitrogen and oxygen atoms in total. The Morgan fingerprint density at radius 2 is 2.19 bits per heavy atom. The van der Waals surface area contributed by atoms with Gasteiger partial charge in [-0.3, -0.25) is 4.90 Å². The third-order valence-corrected chi connectivity index (χ3v) is 4.87. The van der Waals surface area contributed by atoms with E-state index in [4.69, 9.17) is 0 Å². The van der Waals surface area contributed by atoms with Gasteiger partial charge in [-0.25, -0.2) is 4.39 Å². The molecule has 1 atom stereocenters. The topological polar surface area (TPSA) is 15.3 Å². The van der Waals surface area contributed by atoms with E-state index in [2.05, 4.69) is 30.4 Å². The number of hydrogen-bond donors (Lipinski definition) is 1. The van der Waals surface area contributed by atoms with E-state index in [0.29, 0.717) is 18.6 Å². The quantitative estimate of drug-likeness (QED) is 0.749. The average Bonchev–Trinajstić information content (AvgIpc) is 3.29. The summed E-state index contributed by atoms with van der Waals surface area (Å²) in [6.07, 6.45) is 5.79. The minimum Gasteiger partial charge on any atom is -0.310 e. The molecule has 1 aromatic carbocycles. The molecular weight excluding hydrogens is 283 g/mol. The summed E-state index contributed by atoms with van der Waals surface area (Å²) in [4.78, 5) is 2.27. The molecule has 0 heterocycles. The van der Waals surface area contributed by atoms with Gasteiger partial charge in [-0.1, -0.05) is 19.1 Å². The van der Waals surface area contributed by atoms with Crippen LogP contribution in [0.4, 0.5) is 4.39 Å². The minimum atomic E-state index is -0.0870. The van der Waals surface area contributed by atoms with Crippen LogP contribution in [0.25, 0.3) is 0 Å². The Labute approximate surface area is 132 Å². The number of benzene rings is 1. The van der Waals surface area contributed by atoms with E-state index in [1.807, 2.05) is 23.9 Å². The van der Waals surface area contributed by atoms with Crippen molar-refractivity contribution in [3.63, 3.8) is 0 Å². The zero-order valence-corrected chi connectivity index (χ0v) is 14.2. The normalized spacial score (nSPS) is 16.4. The maximum atomic E-state index is 14.0. The van der Waals surface area contributed by atoms with Crippen molar-refractivity contribution in [2.75, 3.05) is 19.1 Å². The van der Waals surface area contributed by atoms with Crippen LogP contribution < -0.4 is 5.32 Å². The molecule has 0 aliphatic heterocycles. The monoisotopic (exact) mass is 310 g/mol. The molecule has 0 spiro atoms. The number of thioether (sulfide) groups is 1. The van der Waals surface area contributed by atoms with E-state index in [0.717, 1.165) is 24.3 Å². The van der Waals surface area contributed by atoms with Crippen molar-refractivity contribution in [1.29, 1.82) is 0 Å². The van der Waals surface area contributed by atoms with E-state index < -0.39 is 0 Å². The molecule has 0 bridgehead atoms. The summed E-state index contributed by atoms with van der Waals surface area (Å²) in [6.45, 7) is 3.73. The van der Waals surface area contributed by atoms with Crippen molar-refractivity contribution in [3.05, 3.63) is 35.1 Å². The van der Waals surface area contributed by atoms with Gasteiger partial charge in [-0.15, -0.1) is 0 Å². The number of nitrogens with one attached hydrogen (secondary N) is 1. The van der Waals surface area contributed by atoms with Crippen LogP contribution in [0.1, 0.15) is 37.3 Å². The number of nitrogens with zero attached hydrogens (tertiary/aromatic N) is 1. The Kier molecular flexibility index (Phi) is 6.52. The zero-order chi connectivity index (χ0) is 15.2. The van der Waals surface area contributed by atoms with E-state index in [-0.39, 0.29) is 5.82 Å². The molecule has 2 rings (SSSR count). The molecule has 1 N–H and O–H groups in total. The SMILES string of the molecule is CCC(CSC)N(C)Cc1cc(CNC2CC2)ccc1F. The van der Waals surface area contributed by atoms with Gasteiger partial charge in [-0.05, 0) is 44.2 Å². The summed E-state index contributed by atoms with van der Waals surface area (Å²) in [5.41, 5.74) is 2.00. The van der Waals surface area contributed by atoms with E-state index in [1.165, 1.54) is 18.4 Å². The lowest BCUT2D eigenvalue weighted by molar-refractivity contribution is 0.244. The van der Waals surface area contributed by atoms with E-state index in [9.17, 15) is 4.39 Å². The summed E-state index contributed by atoms with van der Waals surface area (Å²) in [6, 6.07) is 6.73. The highest BCUT2D eigenvalue weighted by atomic mass is 32.2. The van der Waals surface area contributed by atoms with Gasteiger partial charge in [0.1, 0.15) is 5.82 Å². The lowest BCUT2D eigenvalue weighted by atomic mass is 10.1. The Morgan fingerprint density at radius 1 is 1.43 bits per heavy atom. The second-order valence-corrected chi connectivity index (χ2v) is 6.92. The minimum absolute atomic E-state index is 0.0870. The molecule has 0 saturated heterocycles. The highest BCUT2D eigenvalue weighted by Gasteiger charge is 2.20. The average molecular weight is 310 g/mol. The second kappa shape index (κ2) is 8.16. The van der Waals surface area contributed by atoms with Crippen molar-refractivity contribution in [2.45, 2.75) is 51.4 Å². The Bertz CT molecular complexity index is 448. The number of hydrogen-bond acceptors (Lipinski definition) is 3. The largest absolute Gasteiger partial charge is 0.310 e. The highest BCUT2D eigenvalue weighted by Crippen LogP contribution is 2.20. The van der Waals surface area contributed by atoms with Gasteiger partial charge >= 0.3 is 0 Å². The maximum absolute atomic E-state index is 14.0. The van der Waals surface area contributed by atoms with Gasteiger partial charge in [0, 0.05) is 36.5 Å². The molecule has 0 radical (unpaired) electrons. The predicted octanol–water partition coefficient (Wildman–Crippen LogP) is 3.65. The van der Waals surface area contributed by atoms with Crippen LogP contribution in [0.2, 0.25) is 0 Å². The van der Waals surface area contributed by atoms with Crippen LogP contribution in [-0.4, -0.2) is 36.0 Å². The highest BCUT2D eigenvalue weighted by molar-refractivity contribution is 7.98. The molecule has 0 amide bonds. The van der Waals surface area contributed by atoms with Crippen molar-refractivity contribution >= 4 is 11.8 Å². The summed E-state index contributed by atoms with van der Waals surface area (Å²) in [5, 5.41) is 3.49. The van der Waals surface area contributed by atoms with Crippen LogP contribution in [0, 0.1) is 5.82 Å². The van der Waals surface area contributed by atoms with E-state index in [1.54, 1.807) is 6.07 Å².